The molecule has 28 heavy (non-hydrogen) atoms. The van der Waals surface area contributed by atoms with E-state index in [1.807, 2.05) is 6.07 Å². The monoisotopic (exact) mass is 417 g/mol. The number of unbranched alkanes of at least 4 members (excludes halogenated alkanes) is 2. The maximum atomic E-state index is 12.6. The Kier molecular flexibility index (Phi) is 6.53. The van der Waals surface area contributed by atoms with Crippen LogP contribution in [0.15, 0.2) is 45.7 Å². The number of aliphatic carboxylic acids is 1. The molecule has 6 nitrogen and oxygen atoms in total. The summed E-state index contributed by atoms with van der Waals surface area (Å²) < 4.78 is 6.27. The van der Waals surface area contributed by atoms with E-state index in [4.69, 9.17) is 21.7 Å². The van der Waals surface area contributed by atoms with E-state index in [0.29, 0.717) is 40.1 Å². The van der Waals surface area contributed by atoms with E-state index in [9.17, 15) is 14.7 Å². The number of hydrogen-bond acceptors (Lipinski definition) is 6. The third-order valence-corrected chi connectivity index (χ3v) is 5.55. The van der Waals surface area contributed by atoms with E-state index in [1.54, 1.807) is 41.3 Å². The normalized spacial score (nSPS) is 15.6. The summed E-state index contributed by atoms with van der Waals surface area (Å²) in [6.45, 7) is 0.480. The Balaban J connectivity index is 1.63. The summed E-state index contributed by atoms with van der Waals surface area (Å²) in [5.74, 6) is 0.302. The van der Waals surface area contributed by atoms with Gasteiger partial charge in [0.25, 0.3) is 5.91 Å². The van der Waals surface area contributed by atoms with Crippen LogP contribution < -0.4 is 0 Å². The molecule has 0 unspecified atom stereocenters. The summed E-state index contributed by atoms with van der Waals surface area (Å²) in [6.07, 6.45) is 3.82. The Morgan fingerprint density at radius 1 is 1.21 bits per heavy atom. The molecule has 1 fully saturated rings. The van der Waals surface area contributed by atoms with Crippen LogP contribution in [0.2, 0.25) is 0 Å². The molecule has 0 radical (unpaired) electrons. The molecule has 0 bridgehead atoms. The van der Waals surface area contributed by atoms with Crippen LogP contribution in [0.4, 0.5) is 0 Å². The number of rotatable bonds is 8. The van der Waals surface area contributed by atoms with Crippen molar-refractivity contribution >= 4 is 46.3 Å². The number of carboxylic acids is 1. The highest BCUT2D eigenvalue weighted by Crippen LogP contribution is 2.34. The maximum Gasteiger partial charge on any atom is 0.303 e. The van der Waals surface area contributed by atoms with E-state index in [1.165, 1.54) is 11.8 Å². The second kappa shape index (κ2) is 9.07. The summed E-state index contributed by atoms with van der Waals surface area (Å²) in [5, 5.41) is 18.2. The van der Waals surface area contributed by atoms with Gasteiger partial charge in [-0.25, -0.2) is 0 Å². The SMILES string of the molecule is O=C(O)CCCCCN1C(=O)/C(=C\c2ccc(-c3cccc(O)c3)o2)SC1=S. The molecule has 2 N–H and O–H groups in total. The number of carbonyl (C=O) groups is 2. The zero-order valence-corrected chi connectivity index (χ0v) is 16.6. The molecule has 2 aromatic rings. The molecule has 2 heterocycles. The van der Waals surface area contributed by atoms with Gasteiger partial charge in [-0.1, -0.05) is 42.5 Å². The van der Waals surface area contributed by atoms with Gasteiger partial charge >= 0.3 is 5.97 Å². The van der Waals surface area contributed by atoms with Crippen LogP contribution in [-0.4, -0.2) is 37.9 Å². The summed E-state index contributed by atoms with van der Waals surface area (Å²) in [7, 11) is 0. The third kappa shape index (κ3) is 5.02. The molecule has 1 aliphatic heterocycles. The summed E-state index contributed by atoms with van der Waals surface area (Å²) in [5.41, 5.74) is 0.744. The van der Waals surface area contributed by atoms with E-state index in [2.05, 4.69) is 0 Å². The number of aromatic hydroxyl groups is 1. The lowest BCUT2D eigenvalue weighted by atomic mass is 10.2. The number of carbonyl (C=O) groups excluding carboxylic acids is 1. The molecular formula is C20H19NO5S2. The fourth-order valence-electron chi connectivity index (χ4n) is 2.79. The first kappa shape index (κ1) is 20.2. The first-order valence-electron chi connectivity index (χ1n) is 8.80. The molecule has 146 valence electrons. The van der Waals surface area contributed by atoms with Gasteiger partial charge in [-0.3, -0.25) is 14.5 Å². The third-order valence-electron chi connectivity index (χ3n) is 4.18. The van der Waals surface area contributed by atoms with Crippen molar-refractivity contribution in [1.29, 1.82) is 0 Å². The van der Waals surface area contributed by atoms with Gasteiger partial charge in [-0.2, -0.15) is 0 Å². The highest BCUT2D eigenvalue weighted by Gasteiger charge is 2.31. The van der Waals surface area contributed by atoms with Gasteiger partial charge in [-0.15, -0.1) is 0 Å². The Labute approximate surface area is 171 Å². The van der Waals surface area contributed by atoms with Crippen molar-refractivity contribution < 1.29 is 24.2 Å². The van der Waals surface area contributed by atoms with Crippen LogP contribution in [0.3, 0.4) is 0 Å². The highest BCUT2D eigenvalue weighted by molar-refractivity contribution is 8.26. The van der Waals surface area contributed by atoms with Gasteiger partial charge in [0.1, 0.15) is 21.6 Å². The lowest BCUT2D eigenvalue weighted by Gasteiger charge is -2.13. The topological polar surface area (TPSA) is 91.0 Å². The van der Waals surface area contributed by atoms with Gasteiger partial charge in [0.15, 0.2) is 0 Å². The zero-order chi connectivity index (χ0) is 20.1. The second-order valence-corrected chi connectivity index (χ2v) is 7.97. The van der Waals surface area contributed by atoms with Gasteiger partial charge in [0, 0.05) is 24.6 Å². The van der Waals surface area contributed by atoms with E-state index < -0.39 is 5.97 Å². The molecular weight excluding hydrogens is 398 g/mol. The Bertz CT molecular complexity index is 934. The first-order chi connectivity index (χ1) is 13.4. The maximum absolute atomic E-state index is 12.6. The zero-order valence-electron chi connectivity index (χ0n) is 15.0. The fourth-order valence-corrected chi connectivity index (χ4v) is 4.08. The summed E-state index contributed by atoms with van der Waals surface area (Å²) in [6, 6.07) is 10.3. The number of furan rings is 1. The van der Waals surface area contributed by atoms with E-state index in [0.717, 1.165) is 12.0 Å². The van der Waals surface area contributed by atoms with Crippen LogP contribution >= 0.6 is 24.0 Å². The standard InChI is InChI=1S/C20H19NO5S2/c22-14-6-4-5-13(11-14)16-9-8-15(26-16)12-17-19(25)21(20(27)28-17)10-3-1-2-7-18(23)24/h4-6,8-9,11-12,22H,1-3,7,10H2,(H,23,24)/b17-12+. The molecule has 1 aliphatic rings. The van der Waals surface area contributed by atoms with E-state index in [-0.39, 0.29) is 18.1 Å². The van der Waals surface area contributed by atoms with Crippen LogP contribution in [0, 0.1) is 0 Å². The summed E-state index contributed by atoms with van der Waals surface area (Å²) in [4.78, 5) is 25.2. The molecule has 0 atom stereocenters. The van der Waals surface area contributed by atoms with Crippen molar-refractivity contribution in [3.8, 4) is 17.1 Å². The van der Waals surface area contributed by atoms with Crippen LogP contribution in [0.25, 0.3) is 17.4 Å². The minimum absolute atomic E-state index is 0.137. The van der Waals surface area contributed by atoms with Crippen LogP contribution in [0.1, 0.15) is 31.4 Å². The Morgan fingerprint density at radius 2 is 2.04 bits per heavy atom. The number of thiocarbonyl (C=S) groups is 1. The molecule has 1 aromatic carbocycles. The molecule has 1 aromatic heterocycles. The van der Waals surface area contributed by atoms with Crippen LogP contribution in [-0.2, 0) is 9.59 Å². The first-order valence-corrected chi connectivity index (χ1v) is 10.0. The van der Waals surface area contributed by atoms with Crippen molar-refractivity contribution in [3.63, 3.8) is 0 Å². The van der Waals surface area contributed by atoms with Gasteiger partial charge in [0.2, 0.25) is 0 Å². The predicted molar refractivity (Wildman–Crippen MR) is 112 cm³/mol. The highest BCUT2D eigenvalue weighted by atomic mass is 32.2. The van der Waals surface area contributed by atoms with Gasteiger partial charge in [0.05, 0.1) is 4.91 Å². The summed E-state index contributed by atoms with van der Waals surface area (Å²) >= 11 is 6.53. The number of thioether (sulfide) groups is 1. The largest absolute Gasteiger partial charge is 0.508 e. The van der Waals surface area contributed by atoms with Crippen molar-refractivity contribution in [1.82, 2.24) is 4.90 Å². The predicted octanol–water partition coefficient (Wildman–Crippen LogP) is 4.50. The molecule has 1 saturated heterocycles. The van der Waals surface area contributed by atoms with Crippen LogP contribution in [0.5, 0.6) is 5.75 Å². The Morgan fingerprint density at radius 3 is 2.79 bits per heavy atom. The smallest absolute Gasteiger partial charge is 0.303 e. The van der Waals surface area contributed by atoms with Crippen molar-refractivity contribution in [2.24, 2.45) is 0 Å². The van der Waals surface area contributed by atoms with Gasteiger partial charge in [-0.05, 0) is 37.1 Å². The minimum Gasteiger partial charge on any atom is -0.508 e. The molecule has 3 rings (SSSR count). The van der Waals surface area contributed by atoms with E-state index >= 15 is 0 Å². The average Bonchev–Trinajstić information content (AvgIpc) is 3.21. The number of phenols is 1. The quantitative estimate of drug-likeness (QED) is 0.371. The number of benzene rings is 1. The number of amides is 1. The number of carboxylic acid groups (broad SMARTS) is 1. The molecule has 8 heteroatoms. The molecule has 0 spiro atoms. The fraction of sp³-hybridized carbons (Fsp3) is 0.250. The number of hydrogen-bond donors (Lipinski definition) is 2. The number of nitrogens with zero attached hydrogens (tertiary/aromatic N) is 1. The van der Waals surface area contributed by atoms with Crippen molar-refractivity contribution in [3.05, 3.63) is 47.1 Å². The Hall–Kier alpha value is -2.58. The molecule has 0 saturated carbocycles. The number of phenolic OH excluding ortho intramolecular Hbond substituents is 1. The average molecular weight is 418 g/mol. The minimum atomic E-state index is -0.808. The molecule has 0 aliphatic carbocycles. The molecule has 1 amide bonds. The lowest BCUT2D eigenvalue weighted by Crippen LogP contribution is -2.29. The van der Waals surface area contributed by atoms with Gasteiger partial charge < -0.3 is 14.6 Å². The van der Waals surface area contributed by atoms with Crippen molar-refractivity contribution in [2.75, 3.05) is 6.54 Å². The lowest BCUT2D eigenvalue weighted by molar-refractivity contribution is -0.137. The van der Waals surface area contributed by atoms with Crippen molar-refractivity contribution in [2.45, 2.75) is 25.7 Å². The second-order valence-electron chi connectivity index (χ2n) is 6.29.